The van der Waals surface area contributed by atoms with Gasteiger partial charge in [0.2, 0.25) is 0 Å². The lowest BCUT2D eigenvalue weighted by atomic mass is 10.0. The van der Waals surface area contributed by atoms with Crippen LogP contribution in [-0.2, 0) is 6.42 Å². The molecule has 4 rings (SSSR count). The summed E-state index contributed by atoms with van der Waals surface area (Å²) >= 11 is 6.06. The Bertz CT molecular complexity index is 1010. The van der Waals surface area contributed by atoms with Crippen molar-refractivity contribution in [3.8, 4) is 22.5 Å². The number of hydrogen-bond acceptors (Lipinski definition) is 2. The van der Waals surface area contributed by atoms with Gasteiger partial charge in [-0.25, -0.2) is 4.98 Å². The van der Waals surface area contributed by atoms with Crippen molar-refractivity contribution in [1.29, 1.82) is 0 Å². The molecule has 0 radical (unpaired) electrons. The summed E-state index contributed by atoms with van der Waals surface area (Å²) in [4.78, 5) is 8.36. The first-order chi connectivity index (χ1) is 13.2. The fraction of sp³-hybridized carbons (Fsp3) is 0.0870. The van der Waals surface area contributed by atoms with Crippen molar-refractivity contribution in [3.63, 3.8) is 0 Å². The molecule has 0 spiro atoms. The molecule has 0 amide bonds. The summed E-state index contributed by atoms with van der Waals surface area (Å²) in [6.07, 6.45) is 0.636. The van der Waals surface area contributed by atoms with Gasteiger partial charge in [-0.3, -0.25) is 0 Å². The van der Waals surface area contributed by atoms with Crippen LogP contribution in [0.15, 0.2) is 84.9 Å². The normalized spacial score (nSPS) is 12.1. The number of aromatic amines is 1. The smallest absolute Gasteiger partial charge is 0.109 e. The lowest BCUT2D eigenvalue weighted by Gasteiger charge is -2.09. The Hall–Kier alpha value is -2.88. The molecular formula is C23H20ClN3. The number of hydrogen-bond donors (Lipinski definition) is 2. The SMILES string of the molecule is N[C@@H](Cc1nc(-c2ccccc2)c(-c2ccc(Cl)cc2)[nH]1)c1ccccc1. The molecule has 134 valence electrons. The standard InChI is InChI=1S/C23H20ClN3/c24-19-13-11-18(12-14-19)23-22(17-9-5-2-6-10-17)26-21(27-23)15-20(25)16-7-3-1-4-8-16/h1-14,20H,15,25H2,(H,26,27)/t20-/m0/s1. The van der Waals surface area contributed by atoms with Crippen LogP contribution in [0.5, 0.6) is 0 Å². The third kappa shape index (κ3) is 3.95. The molecule has 4 heteroatoms. The molecule has 1 heterocycles. The van der Waals surface area contributed by atoms with Gasteiger partial charge in [-0.2, -0.15) is 0 Å². The van der Waals surface area contributed by atoms with E-state index in [1.54, 1.807) is 0 Å². The summed E-state index contributed by atoms with van der Waals surface area (Å²) in [5, 5.41) is 0.714. The average molecular weight is 374 g/mol. The predicted octanol–water partition coefficient (Wildman–Crippen LogP) is 5.64. The van der Waals surface area contributed by atoms with Gasteiger partial charge in [-0.05, 0) is 17.7 Å². The molecule has 27 heavy (non-hydrogen) atoms. The molecule has 1 atom stereocenters. The van der Waals surface area contributed by atoms with E-state index in [1.807, 2.05) is 72.8 Å². The second kappa shape index (κ2) is 7.78. The Kier molecular flexibility index (Phi) is 5.05. The Morgan fingerprint density at radius 2 is 1.44 bits per heavy atom. The van der Waals surface area contributed by atoms with E-state index in [-0.39, 0.29) is 6.04 Å². The van der Waals surface area contributed by atoms with Gasteiger partial charge in [0, 0.05) is 28.6 Å². The Balaban J connectivity index is 1.72. The van der Waals surface area contributed by atoms with Crippen molar-refractivity contribution >= 4 is 11.6 Å². The van der Waals surface area contributed by atoms with E-state index in [9.17, 15) is 0 Å². The molecule has 4 aromatic rings. The fourth-order valence-corrected chi connectivity index (χ4v) is 3.30. The van der Waals surface area contributed by atoms with Crippen LogP contribution >= 0.6 is 11.6 Å². The first kappa shape index (κ1) is 17.5. The minimum Gasteiger partial charge on any atom is -0.341 e. The molecule has 0 aliphatic rings. The van der Waals surface area contributed by atoms with Gasteiger partial charge in [0.05, 0.1) is 11.4 Å². The summed E-state index contributed by atoms with van der Waals surface area (Å²) in [6.45, 7) is 0. The van der Waals surface area contributed by atoms with Crippen LogP contribution in [0.25, 0.3) is 22.5 Å². The molecule has 0 fully saturated rings. The summed E-state index contributed by atoms with van der Waals surface area (Å²) in [5.41, 5.74) is 11.5. The zero-order valence-electron chi connectivity index (χ0n) is 14.8. The molecule has 0 saturated heterocycles. The van der Waals surface area contributed by atoms with E-state index in [1.165, 1.54) is 0 Å². The second-order valence-corrected chi connectivity index (χ2v) is 6.94. The largest absolute Gasteiger partial charge is 0.341 e. The van der Waals surface area contributed by atoms with Crippen molar-refractivity contribution in [2.75, 3.05) is 0 Å². The van der Waals surface area contributed by atoms with E-state index < -0.39 is 0 Å². The number of nitrogens with one attached hydrogen (secondary N) is 1. The van der Waals surface area contributed by atoms with Crippen LogP contribution in [0.1, 0.15) is 17.4 Å². The highest BCUT2D eigenvalue weighted by atomic mass is 35.5. The lowest BCUT2D eigenvalue weighted by molar-refractivity contribution is 0.695. The monoisotopic (exact) mass is 373 g/mol. The fourth-order valence-electron chi connectivity index (χ4n) is 3.18. The lowest BCUT2D eigenvalue weighted by Crippen LogP contribution is -2.14. The highest BCUT2D eigenvalue weighted by molar-refractivity contribution is 6.30. The molecular weight excluding hydrogens is 354 g/mol. The maximum absolute atomic E-state index is 6.41. The van der Waals surface area contributed by atoms with Crippen molar-refractivity contribution in [3.05, 3.63) is 101 Å². The number of halogens is 1. The van der Waals surface area contributed by atoms with Gasteiger partial charge >= 0.3 is 0 Å². The molecule has 0 aliphatic heterocycles. The molecule has 3 nitrogen and oxygen atoms in total. The first-order valence-corrected chi connectivity index (χ1v) is 9.29. The summed E-state index contributed by atoms with van der Waals surface area (Å²) in [7, 11) is 0. The van der Waals surface area contributed by atoms with Crippen LogP contribution in [0.2, 0.25) is 5.02 Å². The van der Waals surface area contributed by atoms with Crippen LogP contribution in [0.3, 0.4) is 0 Å². The van der Waals surface area contributed by atoms with Crippen molar-refractivity contribution in [2.24, 2.45) is 5.73 Å². The average Bonchev–Trinajstić information content (AvgIpc) is 3.13. The van der Waals surface area contributed by atoms with Gasteiger partial charge in [0.25, 0.3) is 0 Å². The van der Waals surface area contributed by atoms with Crippen LogP contribution < -0.4 is 5.73 Å². The minimum atomic E-state index is -0.112. The molecule has 1 aromatic heterocycles. The van der Waals surface area contributed by atoms with E-state index >= 15 is 0 Å². The number of nitrogens with zero attached hydrogens (tertiary/aromatic N) is 1. The van der Waals surface area contributed by atoms with Gasteiger partial charge in [-0.15, -0.1) is 0 Å². The van der Waals surface area contributed by atoms with E-state index in [4.69, 9.17) is 22.3 Å². The topological polar surface area (TPSA) is 54.7 Å². The number of rotatable bonds is 5. The van der Waals surface area contributed by atoms with Gasteiger partial charge in [-0.1, -0.05) is 84.4 Å². The Morgan fingerprint density at radius 1 is 0.815 bits per heavy atom. The summed E-state index contributed by atoms with van der Waals surface area (Å²) < 4.78 is 0. The summed E-state index contributed by atoms with van der Waals surface area (Å²) in [5.74, 6) is 0.871. The zero-order chi connectivity index (χ0) is 18.6. The Labute approximate surface area is 163 Å². The minimum absolute atomic E-state index is 0.112. The van der Waals surface area contributed by atoms with Crippen LogP contribution in [0, 0.1) is 0 Å². The third-order valence-corrected chi connectivity index (χ3v) is 4.83. The maximum atomic E-state index is 6.41. The number of imidazole rings is 1. The van der Waals surface area contributed by atoms with Gasteiger partial charge in [0.1, 0.15) is 5.82 Å². The van der Waals surface area contributed by atoms with E-state index in [2.05, 4.69) is 17.1 Å². The maximum Gasteiger partial charge on any atom is 0.109 e. The predicted molar refractivity (Wildman–Crippen MR) is 112 cm³/mol. The highest BCUT2D eigenvalue weighted by Gasteiger charge is 2.16. The van der Waals surface area contributed by atoms with Crippen molar-refractivity contribution in [2.45, 2.75) is 12.5 Å². The molecule has 3 N–H and O–H groups in total. The van der Waals surface area contributed by atoms with Crippen molar-refractivity contribution < 1.29 is 0 Å². The molecule has 3 aromatic carbocycles. The third-order valence-electron chi connectivity index (χ3n) is 4.57. The van der Waals surface area contributed by atoms with E-state index in [0.717, 1.165) is 33.9 Å². The first-order valence-electron chi connectivity index (χ1n) is 8.91. The van der Waals surface area contributed by atoms with Gasteiger partial charge in [0.15, 0.2) is 0 Å². The number of benzene rings is 3. The van der Waals surface area contributed by atoms with Crippen molar-refractivity contribution in [1.82, 2.24) is 9.97 Å². The van der Waals surface area contributed by atoms with Crippen LogP contribution in [0.4, 0.5) is 0 Å². The zero-order valence-corrected chi connectivity index (χ0v) is 15.5. The van der Waals surface area contributed by atoms with Gasteiger partial charge < -0.3 is 10.7 Å². The Morgan fingerprint density at radius 3 is 2.11 bits per heavy atom. The number of H-pyrrole nitrogens is 1. The number of nitrogens with two attached hydrogens (primary N) is 1. The quantitative estimate of drug-likeness (QED) is 0.475. The molecule has 0 aliphatic carbocycles. The van der Waals surface area contributed by atoms with Crippen LogP contribution in [-0.4, -0.2) is 9.97 Å². The number of aromatic nitrogens is 2. The molecule has 0 saturated carbocycles. The highest BCUT2D eigenvalue weighted by Crippen LogP contribution is 2.31. The molecule has 0 bridgehead atoms. The molecule has 0 unspecified atom stereocenters. The second-order valence-electron chi connectivity index (χ2n) is 6.50. The summed E-state index contributed by atoms with van der Waals surface area (Å²) in [6, 6.07) is 28.0. The van der Waals surface area contributed by atoms with E-state index in [0.29, 0.717) is 11.4 Å².